The molecule has 0 radical (unpaired) electrons. The second-order valence-corrected chi connectivity index (χ2v) is 12.6. The van der Waals surface area contributed by atoms with E-state index in [0.717, 1.165) is 9.87 Å². The molecule has 3 aromatic rings. The maximum Gasteiger partial charge on any atom is 0.244 e. The standard InChI is InChI=1S/C30H33Cl2N3O6S/c1-3-33-30(37)26(16-21-8-6-5-7-9-21)34(19-22-10-11-23(31)17-25(22)32)29(36)20-35(42(38,39)4-2)24-12-13-27-28(18-24)41-15-14-40-27/h5-13,17-18,26H,3-4,14-16,19-20H2,1-2H3,(H,33,37)/t26-/m1/s1. The third-order valence-corrected chi connectivity index (χ3v) is 9.10. The monoisotopic (exact) mass is 633 g/mol. The highest BCUT2D eigenvalue weighted by Crippen LogP contribution is 2.35. The molecule has 2 amide bonds. The first kappa shape index (κ1) is 31.5. The summed E-state index contributed by atoms with van der Waals surface area (Å²) in [5, 5.41) is 3.56. The SMILES string of the molecule is CCNC(=O)[C@@H](Cc1ccccc1)N(Cc1ccc(Cl)cc1Cl)C(=O)CN(c1ccc2c(c1)OCCO2)S(=O)(=O)CC. The van der Waals surface area contributed by atoms with Gasteiger partial charge in [0, 0.05) is 35.6 Å². The molecular formula is C30H33Cl2N3O6S. The molecule has 224 valence electrons. The number of anilines is 1. The Bertz CT molecular complexity index is 1520. The van der Waals surface area contributed by atoms with Crippen molar-refractivity contribution in [2.75, 3.05) is 36.4 Å². The molecule has 0 fully saturated rings. The third-order valence-electron chi connectivity index (χ3n) is 6.77. The van der Waals surface area contributed by atoms with E-state index in [-0.39, 0.29) is 30.3 Å². The Hall–Kier alpha value is -3.47. The van der Waals surface area contributed by atoms with E-state index in [9.17, 15) is 18.0 Å². The van der Waals surface area contributed by atoms with Gasteiger partial charge < -0.3 is 19.7 Å². The van der Waals surface area contributed by atoms with Crippen LogP contribution in [0, 0.1) is 0 Å². The lowest BCUT2D eigenvalue weighted by Gasteiger charge is -2.34. The largest absolute Gasteiger partial charge is 0.486 e. The number of nitrogens with one attached hydrogen (secondary N) is 1. The van der Waals surface area contributed by atoms with E-state index in [1.165, 1.54) is 11.8 Å². The summed E-state index contributed by atoms with van der Waals surface area (Å²) in [7, 11) is -3.92. The van der Waals surface area contributed by atoms with Crippen molar-refractivity contribution in [3.8, 4) is 11.5 Å². The fourth-order valence-electron chi connectivity index (χ4n) is 4.59. The van der Waals surface area contributed by atoms with Crippen LogP contribution >= 0.6 is 23.2 Å². The number of likely N-dealkylation sites (N-methyl/N-ethyl adjacent to an activating group) is 1. The van der Waals surface area contributed by atoms with Gasteiger partial charge in [-0.05, 0) is 49.2 Å². The average molecular weight is 635 g/mol. The molecule has 9 nitrogen and oxygen atoms in total. The Balaban J connectivity index is 1.76. The lowest BCUT2D eigenvalue weighted by molar-refractivity contribution is -0.140. The normalized spacial score (nSPS) is 13.2. The summed E-state index contributed by atoms with van der Waals surface area (Å²) in [6, 6.07) is 18.0. The zero-order chi connectivity index (χ0) is 30.3. The first-order valence-electron chi connectivity index (χ1n) is 13.6. The van der Waals surface area contributed by atoms with Crippen LogP contribution in [0.4, 0.5) is 5.69 Å². The van der Waals surface area contributed by atoms with E-state index in [0.29, 0.717) is 46.9 Å². The molecule has 1 aliphatic rings. The lowest BCUT2D eigenvalue weighted by atomic mass is 10.0. The van der Waals surface area contributed by atoms with Crippen LogP contribution in [0.25, 0.3) is 0 Å². The number of hydrogen-bond donors (Lipinski definition) is 1. The van der Waals surface area contributed by atoms with Crippen molar-refractivity contribution in [2.45, 2.75) is 32.9 Å². The van der Waals surface area contributed by atoms with Gasteiger partial charge in [0.2, 0.25) is 21.8 Å². The Kier molecular flexibility index (Phi) is 10.6. The topological polar surface area (TPSA) is 105 Å². The van der Waals surface area contributed by atoms with Gasteiger partial charge in [0.1, 0.15) is 25.8 Å². The van der Waals surface area contributed by atoms with Crippen molar-refractivity contribution in [2.24, 2.45) is 0 Å². The maximum atomic E-state index is 14.2. The summed E-state index contributed by atoms with van der Waals surface area (Å²) in [5.74, 6) is -0.328. The number of sulfonamides is 1. The van der Waals surface area contributed by atoms with Crippen molar-refractivity contribution in [1.82, 2.24) is 10.2 Å². The second kappa shape index (κ2) is 14.1. The number of amides is 2. The summed E-state index contributed by atoms with van der Waals surface area (Å²) in [4.78, 5) is 29.1. The van der Waals surface area contributed by atoms with Gasteiger partial charge in [0.05, 0.1) is 11.4 Å². The van der Waals surface area contributed by atoms with Crippen LogP contribution in [0.2, 0.25) is 10.0 Å². The molecular weight excluding hydrogens is 601 g/mol. The van der Waals surface area contributed by atoms with Gasteiger partial charge in [-0.1, -0.05) is 59.6 Å². The summed E-state index contributed by atoms with van der Waals surface area (Å²) >= 11 is 12.6. The highest BCUT2D eigenvalue weighted by atomic mass is 35.5. The predicted octanol–water partition coefficient (Wildman–Crippen LogP) is 4.70. The molecule has 4 rings (SSSR count). The molecule has 0 spiro atoms. The Morgan fingerprint density at radius 2 is 1.67 bits per heavy atom. The number of ether oxygens (including phenoxy) is 2. The van der Waals surface area contributed by atoms with Crippen molar-refractivity contribution in [3.63, 3.8) is 0 Å². The summed E-state index contributed by atoms with van der Waals surface area (Å²) < 4.78 is 39.0. The van der Waals surface area contributed by atoms with E-state index < -0.39 is 28.5 Å². The van der Waals surface area contributed by atoms with Gasteiger partial charge >= 0.3 is 0 Å². The minimum absolute atomic E-state index is 0.0510. The van der Waals surface area contributed by atoms with Crippen LogP contribution in [0.1, 0.15) is 25.0 Å². The van der Waals surface area contributed by atoms with E-state index in [4.69, 9.17) is 32.7 Å². The van der Waals surface area contributed by atoms with Gasteiger partial charge in [-0.25, -0.2) is 8.42 Å². The number of benzene rings is 3. The highest BCUT2D eigenvalue weighted by molar-refractivity contribution is 7.92. The number of hydrogen-bond acceptors (Lipinski definition) is 6. The van der Waals surface area contributed by atoms with Crippen LogP contribution < -0.4 is 19.1 Å². The molecule has 1 heterocycles. The predicted molar refractivity (Wildman–Crippen MR) is 164 cm³/mol. The molecule has 0 aliphatic carbocycles. The molecule has 0 aromatic heterocycles. The van der Waals surface area contributed by atoms with E-state index in [2.05, 4.69) is 5.32 Å². The number of carbonyl (C=O) groups excluding carboxylic acids is 2. The first-order chi connectivity index (χ1) is 20.1. The van der Waals surface area contributed by atoms with Gasteiger partial charge in [0.15, 0.2) is 11.5 Å². The molecule has 1 N–H and O–H groups in total. The second-order valence-electron chi connectivity index (χ2n) is 9.59. The number of carbonyl (C=O) groups is 2. The Morgan fingerprint density at radius 3 is 2.33 bits per heavy atom. The van der Waals surface area contributed by atoms with E-state index in [1.807, 2.05) is 30.3 Å². The third kappa shape index (κ3) is 7.67. The van der Waals surface area contributed by atoms with Gasteiger partial charge in [-0.2, -0.15) is 0 Å². The number of rotatable bonds is 12. The fraction of sp³-hybridized carbons (Fsp3) is 0.333. The lowest BCUT2D eigenvalue weighted by Crippen LogP contribution is -2.53. The zero-order valence-corrected chi connectivity index (χ0v) is 25.7. The summed E-state index contributed by atoms with van der Waals surface area (Å²) in [5.41, 5.74) is 1.64. The van der Waals surface area contributed by atoms with Gasteiger partial charge in [0.25, 0.3) is 0 Å². The van der Waals surface area contributed by atoms with E-state index in [1.54, 1.807) is 43.3 Å². The summed E-state index contributed by atoms with van der Waals surface area (Å²) in [6.07, 6.45) is 0.203. The molecule has 42 heavy (non-hydrogen) atoms. The quantitative estimate of drug-likeness (QED) is 0.310. The Labute approximate surface area is 256 Å². The van der Waals surface area contributed by atoms with Gasteiger partial charge in [-0.15, -0.1) is 0 Å². The zero-order valence-electron chi connectivity index (χ0n) is 23.4. The van der Waals surface area contributed by atoms with Crippen molar-refractivity contribution in [3.05, 3.63) is 87.9 Å². The van der Waals surface area contributed by atoms with Crippen molar-refractivity contribution < 1.29 is 27.5 Å². The number of nitrogens with zero attached hydrogens (tertiary/aromatic N) is 2. The minimum atomic E-state index is -3.92. The van der Waals surface area contributed by atoms with E-state index >= 15 is 0 Å². The fourth-order valence-corrected chi connectivity index (χ4v) is 6.11. The minimum Gasteiger partial charge on any atom is -0.486 e. The van der Waals surface area contributed by atoms with Gasteiger partial charge in [-0.3, -0.25) is 13.9 Å². The van der Waals surface area contributed by atoms with Crippen molar-refractivity contribution in [1.29, 1.82) is 0 Å². The van der Waals surface area contributed by atoms with Crippen LogP contribution in [-0.2, 0) is 32.6 Å². The van der Waals surface area contributed by atoms with Crippen LogP contribution in [0.5, 0.6) is 11.5 Å². The van der Waals surface area contributed by atoms with Crippen LogP contribution in [-0.4, -0.2) is 63.2 Å². The molecule has 0 saturated heterocycles. The van der Waals surface area contributed by atoms with Crippen LogP contribution in [0.15, 0.2) is 66.7 Å². The highest BCUT2D eigenvalue weighted by Gasteiger charge is 2.34. The van der Waals surface area contributed by atoms with Crippen LogP contribution in [0.3, 0.4) is 0 Å². The number of halogens is 2. The molecule has 1 atom stereocenters. The molecule has 12 heteroatoms. The molecule has 3 aromatic carbocycles. The molecule has 1 aliphatic heterocycles. The van der Waals surface area contributed by atoms with Crippen molar-refractivity contribution >= 4 is 50.7 Å². The first-order valence-corrected chi connectivity index (χ1v) is 15.9. The Morgan fingerprint density at radius 1 is 0.952 bits per heavy atom. The maximum absolute atomic E-state index is 14.2. The molecule has 0 unspecified atom stereocenters. The number of fused-ring (bicyclic) bond motifs is 1. The molecule has 0 bridgehead atoms. The summed E-state index contributed by atoms with van der Waals surface area (Å²) in [6.45, 7) is 3.74. The molecule has 0 saturated carbocycles. The smallest absolute Gasteiger partial charge is 0.244 e. The average Bonchev–Trinajstić information content (AvgIpc) is 2.98.